The Labute approximate surface area is 108 Å². The third-order valence-corrected chi connectivity index (χ3v) is 3.72. The Morgan fingerprint density at radius 3 is 2.68 bits per heavy atom. The molecule has 0 bridgehead atoms. The Morgan fingerprint density at radius 1 is 1.32 bits per heavy atom. The molecule has 0 unspecified atom stereocenters. The van der Waals surface area contributed by atoms with Crippen LogP contribution in [0.1, 0.15) is 28.8 Å². The molecule has 0 spiro atoms. The van der Waals surface area contributed by atoms with E-state index in [0.717, 1.165) is 24.2 Å². The lowest BCUT2D eigenvalue weighted by atomic mass is 10.1. The molecule has 1 saturated carbocycles. The molecule has 19 heavy (non-hydrogen) atoms. The van der Waals surface area contributed by atoms with Gasteiger partial charge in [0, 0.05) is 17.8 Å². The van der Waals surface area contributed by atoms with Gasteiger partial charge in [-0.15, -0.1) is 0 Å². The van der Waals surface area contributed by atoms with Crippen LogP contribution in [-0.4, -0.2) is 24.2 Å². The fourth-order valence-electron chi connectivity index (χ4n) is 2.34. The molecular formula is C13H13F3N2O. The lowest BCUT2D eigenvalue weighted by molar-refractivity contribution is -0.163. The first-order chi connectivity index (χ1) is 8.91. The molecule has 1 amide bonds. The first-order valence-electron chi connectivity index (χ1n) is 6.17. The first kappa shape index (κ1) is 12.3. The van der Waals surface area contributed by atoms with Crippen LogP contribution in [0.5, 0.6) is 0 Å². The summed E-state index contributed by atoms with van der Waals surface area (Å²) in [6.45, 7) is 0.799. The number of fused-ring (bicyclic) bond motifs is 1. The number of halogens is 3. The molecule has 1 heterocycles. The minimum absolute atomic E-state index is 0.0330. The van der Waals surface area contributed by atoms with Gasteiger partial charge in [-0.2, -0.15) is 13.2 Å². The third-order valence-electron chi connectivity index (χ3n) is 3.72. The molecule has 0 aromatic heterocycles. The highest BCUT2D eigenvalue weighted by Gasteiger charge is 2.64. The highest BCUT2D eigenvalue weighted by molar-refractivity contribution is 5.95. The Hall–Kier alpha value is -1.72. The quantitative estimate of drug-likeness (QED) is 0.866. The van der Waals surface area contributed by atoms with Gasteiger partial charge in [-0.05, 0) is 43.0 Å². The number of alkyl halides is 3. The molecule has 1 aliphatic carbocycles. The van der Waals surface area contributed by atoms with E-state index >= 15 is 0 Å². The fourth-order valence-corrected chi connectivity index (χ4v) is 2.34. The van der Waals surface area contributed by atoms with Crippen LogP contribution in [0.25, 0.3) is 0 Å². The molecule has 3 nitrogen and oxygen atoms in total. The van der Waals surface area contributed by atoms with Gasteiger partial charge >= 0.3 is 6.18 Å². The number of benzene rings is 1. The van der Waals surface area contributed by atoms with E-state index in [-0.39, 0.29) is 18.4 Å². The zero-order valence-corrected chi connectivity index (χ0v) is 10.1. The Balaban J connectivity index is 1.78. The molecule has 1 fully saturated rings. The standard InChI is InChI=1S/C13H13F3N2O/c14-13(15,16)12(4-5-12)18-11(19)9-1-2-10-8(7-9)3-6-17-10/h1-2,7,17H,3-6H2,(H,18,19). The summed E-state index contributed by atoms with van der Waals surface area (Å²) in [6, 6.07) is 4.96. The SMILES string of the molecule is O=C(NC1(C(F)(F)F)CC1)c1ccc2c(c1)CCN2. The second-order valence-corrected chi connectivity index (χ2v) is 5.08. The van der Waals surface area contributed by atoms with Crippen molar-refractivity contribution in [2.75, 3.05) is 11.9 Å². The number of hydrogen-bond acceptors (Lipinski definition) is 2. The maximum atomic E-state index is 12.8. The molecular weight excluding hydrogens is 257 g/mol. The minimum Gasteiger partial charge on any atom is -0.384 e. The number of rotatable bonds is 2. The average Bonchev–Trinajstić information content (AvgIpc) is 2.99. The zero-order valence-electron chi connectivity index (χ0n) is 10.1. The number of nitrogens with one attached hydrogen (secondary N) is 2. The number of carbonyl (C=O) groups excluding carboxylic acids is 1. The monoisotopic (exact) mass is 270 g/mol. The molecule has 0 saturated heterocycles. The smallest absolute Gasteiger partial charge is 0.384 e. The van der Waals surface area contributed by atoms with E-state index in [0.29, 0.717) is 0 Å². The van der Waals surface area contributed by atoms with Crippen molar-refractivity contribution in [3.63, 3.8) is 0 Å². The molecule has 0 radical (unpaired) electrons. The van der Waals surface area contributed by atoms with Crippen molar-refractivity contribution in [1.29, 1.82) is 0 Å². The second-order valence-electron chi connectivity index (χ2n) is 5.08. The van der Waals surface area contributed by atoms with Gasteiger partial charge in [-0.1, -0.05) is 0 Å². The van der Waals surface area contributed by atoms with Crippen molar-refractivity contribution < 1.29 is 18.0 Å². The zero-order chi connectivity index (χ0) is 13.7. The van der Waals surface area contributed by atoms with E-state index in [1.165, 1.54) is 0 Å². The maximum Gasteiger partial charge on any atom is 0.411 e. The van der Waals surface area contributed by atoms with Crippen LogP contribution in [0.4, 0.5) is 18.9 Å². The number of carbonyl (C=O) groups is 1. The average molecular weight is 270 g/mol. The number of amides is 1. The lowest BCUT2D eigenvalue weighted by Gasteiger charge is -2.20. The Bertz CT molecular complexity index is 535. The Morgan fingerprint density at radius 2 is 2.05 bits per heavy atom. The van der Waals surface area contributed by atoms with E-state index in [1.807, 2.05) is 0 Å². The van der Waals surface area contributed by atoms with Gasteiger partial charge in [-0.3, -0.25) is 4.79 Å². The van der Waals surface area contributed by atoms with Crippen molar-refractivity contribution in [3.05, 3.63) is 29.3 Å². The van der Waals surface area contributed by atoms with Gasteiger partial charge in [0.1, 0.15) is 5.54 Å². The van der Waals surface area contributed by atoms with E-state index in [4.69, 9.17) is 0 Å². The molecule has 1 aromatic rings. The summed E-state index contributed by atoms with van der Waals surface area (Å²) in [6.07, 6.45) is -3.65. The van der Waals surface area contributed by atoms with Crippen LogP contribution in [0.2, 0.25) is 0 Å². The predicted molar refractivity (Wildman–Crippen MR) is 64.1 cm³/mol. The number of anilines is 1. The molecule has 2 aliphatic rings. The summed E-state index contributed by atoms with van der Waals surface area (Å²) in [5.41, 5.74) is 0.220. The van der Waals surface area contributed by atoms with Gasteiger partial charge in [0.15, 0.2) is 0 Å². The predicted octanol–water partition coefficient (Wildman–Crippen LogP) is 2.48. The molecule has 2 N–H and O–H groups in total. The maximum absolute atomic E-state index is 12.8. The van der Waals surface area contributed by atoms with Crippen LogP contribution in [0.3, 0.4) is 0 Å². The molecule has 1 aliphatic heterocycles. The molecule has 6 heteroatoms. The fraction of sp³-hybridized carbons (Fsp3) is 0.462. The van der Waals surface area contributed by atoms with Crippen molar-refractivity contribution in [2.24, 2.45) is 0 Å². The topological polar surface area (TPSA) is 41.1 Å². The van der Waals surface area contributed by atoms with Crippen molar-refractivity contribution in [1.82, 2.24) is 5.32 Å². The summed E-state index contributed by atoms with van der Waals surface area (Å²) in [5.74, 6) is -0.649. The molecule has 102 valence electrons. The molecule has 3 rings (SSSR count). The van der Waals surface area contributed by atoms with Crippen LogP contribution >= 0.6 is 0 Å². The van der Waals surface area contributed by atoms with Gasteiger partial charge in [-0.25, -0.2) is 0 Å². The van der Waals surface area contributed by atoms with Crippen molar-refractivity contribution >= 4 is 11.6 Å². The number of hydrogen-bond donors (Lipinski definition) is 2. The van der Waals surface area contributed by atoms with E-state index < -0.39 is 17.6 Å². The summed E-state index contributed by atoms with van der Waals surface area (Å²) >= 11 is 0. The summed E-state index contributed by atoms with van der Waals surface area (Å²) < 4.78 is 38.3. The van der Waals surface area contributed by atoms with E-state index in [1.54, 1.807) is 18.2 Å². The molecule has 1 aromatic carbocycles. The van der Waals surface area contributed by atoms with Crippen LogP contribution in [0, 0.1) is 0 Å². The van der Waals surface area contributed by atoms with Gasteiger partial charge in [0.25, 0.3) is 5.91 Å². The van der Waals surface area contributed by atoms with Crippen LogP contribution in [0.15, 0.2) is 18.2 Å². The third kappa shape index (κ3) is 2.05. The van der Waals surface area contributed by atoms with Crippen molar-refractivity contribution in [2.45, 2.75) is 31.0 Å². The van der Waals surface area contributed by atoms with Gasteiger partial charge in [0.2, 0.25) is 0 Å². The largest absolute Gasteiger partial charge is 0.411 e. The summed E-state index contributed by atoms with van der Waals surface area (Å²) in [5, 5.41) is 5.27. The Kier molecular flexibility index (Phi) is 2.52. The summed E-state index contributed by atoms with van der Waals surface area (Å²) in [7, 11) is 0. The highest BCUT2D eigenvalue weighted by atomic mass is 19.4. The highest BCUT2D eigenvalue weighted by Crippen LogP contribution is 2.49. The van der Waals surface area contributed by atoms with E-state index in [9.17, 15) is 18.0 Å². The summed E-state index contributed by atoms with van der Waals surface area (Å²) in [4.78, 5) is 11.9. The molecule has 0 atom stereocenters. The minimum atomic E-state index is -4.37. The van der Waals surface area contributed by atoms with Gasteiger partial charge < -0.3 is 10.6 Å². The normalized spacial score (nSPS) is 19.5. The van der Waals surface area contributed by atoms with E-state index in [2.05, 4.69) is 10.6 Å². The van der Waals surface area contributed by atoms with Crippen LogP contribution < -0.4 is 10.6 Å². The van der Waals surface area contributed by atoms with Crippen molar-refractivity contribution in [3.8, 4) is 0 Å². The second kappa shape index (κ2) is 3.88. The van der Waals surface area contributed by atoms with Crippen LogP contribution in [-0.2, 0) is 6.42 Å². The first-order valence-corrected chi connectivity index (χ1v) is 6.17. The van der Waals surface area contributed by atoms with Gasteiger partial charge in [0.05, 0.1) is 0 Å². The lowest BCUT2D eigenvalue weighted by Crippen LogP contribution is -2.47.